The van der Waals surface area contributed by atoms with Crippen LogP contribution in [0.1, 0.15) is 69.2 Å². The average molecular weight is 373 g/mol. The van der Waals surface area contributed by atoms with Crippen LogP contribution < -0.4 is 5.32 Å². The normalized spacial score (nSPS) is 12.3. The molecule has 0 radical (unpaired) electrons. The van der Waals surface area contributed by atoms with Crippen molar-refractivity contribution in [3.8, 4) is 0 Å². The van der Waals surface area contributed by atoms with E-state index in [9.17, 15) is 4.79 Å². The van der Waals surface area contributed by atoms with Gasteiger partial charge in [-0.3, -0.25) is 0 Å². The number of rotatable bonds is 5. The van der Waals surface area contributed by atoms with Crippen LogP contribution in [0.5, 0.6) is 0 Å². The molecule has 140 valence electrons. The van der Waals surface area contributed by atoms with Gasteiger partial charge in [0.1, 0.15) is 0 Å². The zero-order chi connectivity index (χ0) is 19.4. The molecular formula is C22H29ClN2O. The van der Waals surface area contributed by atoms with E-state index in [1.54, 1.807) is 11.9 Å². The summed E-state index contributed by atoms with van der Waals surface area (Å²) in [5.41, 5.74) is 4.18. The number of anilines is 1. The molecule has 1 N–H and O–H groups in total. The monoisotopic (exact) mass is 372 g/mol. The first-order valence-electron chi connectivity index (χ1n) is 9.15. The molecule has 3 nitrogen and oxygen atoms in total. The molecule has 1 atom stereocenters. The van der Waals surface area contributed by atoms with E-state index in [1.807, 2.05) is 31.2 Å². The summed E-state index contributed by atoms with van der Waals surface area (Å²) in [5, 5.41) is 3.83. The molecule has 2 aromatic carbocycles. The number of nitrogens with one attached hydrogen (secondary N) is 1. The van der Waals surface area contributed by atoms with Crippen molar-refractivity contribution in [2.45, 2.75) is 52.5 Å². The van der Waals surface area contributed by atoms with Crippen molar-refractivity contribution in [2.75, 3.05) is 12.4 Å². The van der Waals surface area contributed by atoms with Crippen LogP contribution in [0.4, 0.5) is 10.5 Å². The molecule has 0 aromatic heterocycles. The summed E-state index contributed by atoms with van der Waals surface area (Å²) < 4.78 is 0. The van der Waals surface area contributed by atoms with Gasteiger partial charge in [-0.2, -0.15) is 0 Å². The van der Waals surface area contributed by atoms with Gasteiger partial charge < -0.3 is 10.2 Å². The smallest absolute Gasteiger partial charge is 0.321 e. The van der Waals surface area contributed by atoms with Gasteiger partial charge >= 0.3 is 6.03 Å². The molecule has 2 amide bonds. The Morgan fingerprint density at radius 3 is 1.88 bits per heavy atom. The van der Waals surface area contributed by atoms with Gasteiger partial charge in [0, 0.05) is 17.8 Å². The number of hydrogen-bond acceptors (Lipinski definition) is 1. The van der Waals surface area contributed by atoms with Crippen LogP contribution in [0, 0.1) is 0 Å². The quantitative estimate of drug-likeness (QED) is 0.614. The predicted octanol–water partition coefficient (Wildman–Crippen LogP) is 6.81. The Balaban J connectivity index is 2.31. The highest BCUT2D eigenvalue weighted by molar-refractivity contribution is 6.31. The molecule has 1 unspecified atom stereocenters. The standard InChI is InChI=1S/C22H29ClN2O/c1-14(2)17-11-9-12-18(15(3)4)21(17)24-22(26)25(6)16(5)19-10-7-8-13-20(19)23/h7-16H,1-6H3,(H,24,26). The lowest BCUT2D eigenvalue weighted by Crippen LogP contribution is -2.34. The second kappa shape index (κ2) is 8.59. The van der Waals surface area contributed by atoms with E-state index in [1.165, 1.54) is 0 Å². The lowest BCUT2D eigenvalue weighted by molar-refractivity contribution is 0.208. The lowest BCUT2D eigenvalue weighted by atomic mass is 9.92. The predicted molar refractivity (Wildman–Crippen MR) is 111 cm³/mol. The van der Waals surface area contributed by atoms with Gasteiger partial charge in [-0.05, 0) is 41.5 Å². The Bertz CT molecular complexity index is 744. The third kappa shape index (κ3) is 4.39. The Labute approximate surface area is 162 Å². The van der Waals surface area contributed by atoms with Crippen LogP contribution in [0.15, 0.2) is 42.5 Å². The Morgan fingerprint density at radius 1 is 0.885 bits per heavy atom. The highest BCUT2D eigenvalue weighted by Crippen LogP contribution is 2.33. The minimum absolute atomic E-state index is 0.127. The highest BCUT2D eigenvalue weighted by Gasteiger charge is 2.22. The fourth-order valence-corrected chi connectivity index (χ4v) is 3.38. The molecule has 0 aliphatic carbocycles. The molecule has 26 heavy (non-hydrogen) atoms. The van der Waals surface area contributed by atoms with Gasteiger partial charge in [0.05, 0.1) is 6.04 Å². The second-order valence-corrected chi connectivity index (χ2v) is 7.77. The topological polar surface area (TPSA) is 32.3 Å². The fourth-order valence-electron chi connectivity index (χ4n) is 3.09. The Morgan fingerprint density at radius 2 is 1.38 bits per heavy atom. The Hall–Kier alpha value is -2.00. The summed E-state index contributed by atoms with van der Waals surface area (Å²) >= 11 is 6.30. The Kier molecular flexibility index (Phi) is 6.71. The molecular weight excluding hydrogens is 344 g/mol. The minimum atomic E-state index is -0.132. The first kappa shape index (κ1) is 20.3. The maximum absolute atomic E-state index is 13.0. The molecule has 0 fully saturated rings. The van der Waals surface area contributed by atoms with Crippen molar-refractivity contribution in [2.24, 2.45) is 0 Å². The lowest BCUT2D eigenvalue weighted by Gasteiger charge is -2.28. The van der Waals surface area contributed by atoms with Crippen molar-refractivity contribution < 1.29 is 4.79 Å². The van der Waals surface area contributed by atoms with E-state index in [0.29, 0.717) is 16.9 Å². The summed E-state index contributed by atoms with van der Waals surface area (Å²) in [5.74, 6) is 0.658. The van der Waals surface area contributed by atoms with Gasteiger partial charge in [0.2, 0.25) is 0 Å². The van der Waals surface area contributed by atoms with E-state index >= 15 is 0 Å². The zero-order valence-electron chi connectivity index (χ0n) is 16.5. The van der Waals surface area contributed by atoms with E-state index in [0.717, 1.165) is 22.4 Å². The third-order valence-electron chi connectivity index (χ3n) is 4.86. The van der Waals surface area contributed by atoms with Crippen LogP contribution >= 0.6 is 11.6 Å². The number of para-hydroxylation sites is 1. The van der Waals surface area contributed by atoms with Gasteiger partial charge in [-0.1, -0.05) is 75.7 Å². The van der Waals surface area contributed by atoms with Crippen molar-refractivity contribution in [1.82, 2.24) is 4.90 Å². The van der Waals surface area contributed by atoms with Crippen molar-refractivity contribution in [3.05, 3.63) is 64.2 Å². The molecule has 0 bridgehead atoms. The average Bonchev–Trinajstić information content (AvgIpc) is 2.60. The molecule has 0 spiro atoms. The number of nitrogens with zero attached hydrogens (tertiary/aromatic N) is 1. The maximum Gasteiger partial charge on any atom is 0.322 e. The molecule has 0 saturated carbocycles. The number of halogens is 1. The first-order valence-corrected chi connectivity index (χ1v) is 9.52. The highest BCUT2D eigenvalue weighted by atomic mass is 35.5. The molecule has 0 saturated heterocycles. The van der Waals surface area contributed by atoms with Crippen LogP contribution in [-0.2, 0) is 0 Å². The number of benzene rings is 2. The van der Waals surface area contributed by atoms with Crippen LogP contribution in [0.25, 0.3) is 0 Å². The van der Waals surface area contributed by atoms with E-state index in [4.69, 9.17) is 11.6 Å². The van der Waals surface area contributed by atoms with Gasteiger partial charge in [0.25, 0.3) is 0 Å². The minimum Gasteiger partial charge on any atom is -0.321 e. The molecule has 0 aliphatic rings. The van der Waals surface area contributed by atoms with Crippen molar-refractivity contribution in [1.29, 1.82) is 0 Å². The summed E-state index contributed by atoms with van der Waals surface area (Å²) in [4.78, 5) is 14.7. The van der Waals surface area contributed by atoms with Gasteiger partial charge in [-0.15, -0.1) is 0 Å². The largest absolute Gasteiger partial charge is 0.322 e. The van der Waals surface area contributed by atoms with E-state index in [2.05, 4.69) is 51.2 Å². The molecule has 4 heteroatoms. The van der Waals surface area contributed by atoms with Gasteiger partial charge in [-0.25, -0.2) is 4.79 Å². The molecule has 0 heterocycles. The van der Waals surface area contributed by atoms with Crippen molar-refractivity contribution >= 4 is 23.3 Å². The number of carbonyl (C=O) groups is 1. The number of carbonyl (C=O) groups excluding carboxylic acids is 1. The van der Waals surface area contributed by atoms with Crippen LogP contribution in [0.3, 0.4) is 0 Å². The van der Waals surface area contributed by atoms with Crippen LogP contribution in [0.2, 0.25) is 5.02 Å². The summed E-state index contributed by atoms with van der Waals surface area (Å²) in [6.07, 6.45) is 0. The second-order valence-electron chi connectivity index (χ2n) is 7.36. The summed E-state index contributed by atoms with van der Waals surface area (Å²) in [7, 11) is 1.80. The molecule has 0 aliphatic heterocycles. The van der Waals surface area contributed by atoms with E-state index < -0.39 is 0 Å². The number of urea groups is 1. The van der Waals surface area contributed by atoms with E-state index in [-0.39, 0.29) is 12.1 Å². The van der Waals surface area contributed by atoms with Gasteiger partial charge in [0.15, 0.2) is 0 Å². The van der Waals surface area contributed by atoms with Crippen LogP contribution in [-0.4, -0.2) is 18.0 Å². The zero-order valence-corrected chi connectivity index (χ0v) is 17.3. The molecule has 2 rings (SSSR count). The maximum atomic E-state index is 13.0. The number of hydrogen-bond donors (Lipinski definition) is 1. The number of amides is 2. The SMILES string of the molecule is CC(C)c1cccc(C(C)C)c1NC(=O)N(C)C(C)c1ccccc1Cl. The fraction of sp³-hybridized carbons (Fsp3) is 0.409. The summed E-state index contributed by atoms with van der Waals surface area (Å²) in [6, 6.07) is 13.6. The van der Waals surface area contributed by atoms with Crippen molar-refractivity contribution in [3.63, 3.8) is 0 Å². The summed E-state index contributed by atoms with van der Waals surface area (Å²) in [6.45, 7) is 10.6. The third-order valence-corrected chi connectivity index (χ3v) is 5.21. The molecule has 2 aromatic rings. The first-order chi connectivity index (χ1) is 12.2.